The van der Waals surface area contributed by atoms with E-state index in [2.05, 4.69) is 26.5 Å². The van der Waals surface area contributed by atoms with E-state index >= 15 is 0 Å². The Hall–Kier alpha value is -1.32. The monoisotopic (exact) mass is 522 g/mol. The van der Waals surface area contributed by atoms with Crippen molar-refractivity contribution in [2.45, 2.75) is 6.92 Å². The van der Waals surface area contributed by atoms with Crippen LogP contribution in [-0.2, 0) is 4.79 Å². The van der Waals surface area contributed by atoms with Gasteiger partial charge in [-0.15, -0.1) is 0 Å². The minimum Gasteiger partial charge on any atom is -0.506 e. The van der Waals surface area contributed by atoms with Crippen LogP contribution in [0, 0.1) is 10.5 Å². The van der Waals surface area contributed by atoms with Gasteiger partial charge in [0.25, 0.3) is 5.91 Å². The first-order valence-electron chi connectivity index (χ1n) is 6.75. The fourth-order valence-corrected chi connectivity index (χ4v) is 3.41. The molecule has 8 heteroatoms. The summed E-state index contributed by atoms with van der Waals surface area (Å²) in [7, 11) is 0. The Kier molecular flexibility index (Phi) is 6.88. The van der Waals surface area contributed by atoms with Gasteiger partial charge in [0.15, 0.2) is 6.61 Å². The summed E-state index contributed by atoms with van der Waals surface area (Å²) in [5.74, 6) is 0.239. The van der Waals surface area contributed by atoms with E-state index in [1.807, 2.05) is 29.5 Å². The molecule has 2 aromatic carbocycles. The van der Waals surface area contributed by atoms with Crippen LogP contribution in [0.15, 0.2) is 39.9 Å². The lowest BCUT2D eigenvalue weighted by Gasteiger charge is -2.07. The lowest BCUT2D eigenvalue weighted by molar-refractivity contribution is -0.123. The van der Waals surface area contributed by atoms with Crippen LogP contribution < -0.4 is 10.2 Å². The third-order valence-corrected chi connectivity index (χ3v) is 4.65. The van der Waals surface area contributed by atoms with E-state index in [-0.39, 0.29) is 12.4 Å². The van der Waals surface area contributed by atoms with Crippen molar-refractivity contribution in [3.05, 3.63) is 54.5 Å². The molecule has 0 spiro atoms. The van der Waals surface area contributed by atoms with Crippen LogP contribution in [0.1, 0.15) is 11.1 Å². The lowest BCUT2D eigenvalue weighted by atomic mass is 10.2. The van der Waals surface area contributed by atoms with Crippen molar-refractivity contribution < 1.29 is 14.6 Å². The summed E-state index contributed by atoms with van der Waals surface area (Å²) in [4.78, 5) is 11.7. The molecule has 2 N–H and O–H groups in total. The average molecular weight is 524 g/mol. The van der Waals surface area contributed by atoms with Gasteiger partial charge in [0.1, 0.15) is 11.5 Å². The first-order chi connectivity index (χ1) is 11.4. The number of benzene rings is 2. The number of aromatic hydroxyl groups is 1. The number of hydrogen-bond donors (Lipinski definition) is 2. The standard InChI is InChI=1S/C16H13BrClIN2O3/c1-9-4-12(2-3-13(9)18)24-8-15(22)21-20-7-10-5-11(17)6-14(19)16(10)23/h2-7,23H,8H2,1H3,(H,21,22)/b20-7+. The summed E-state index contributed by atoms with van der Waals surface area (Å²) in [5.41, 5.74) is 3.70. The molecule has 0 saturated carbocycles. The van der Waals surface area contributed by atoms with Gasteiger partial charge in [0.05, 0.1) is 9.78 Å². The number of phenols is 1. The number of nitrogens with one attached hydrogen (secondary N) is 1. The number of halogens is 3. The zero-order valence-corrected chi connectivity index (χ0v) is 17.0. The molecule has 0 unspecified atom stereocenters. The topological polar surface area (TPSA) is 70.9 Å². The third kappa shape index (κ3) is 5.35. The quantitative estimate of drug-likeness (QED) is 0.350. The molecule has 0 bridgehead atoms. The second kappa shape index (κ2) is 8.68. The Morgan fingerprint density at radius 3 is 2.92 bits per heavy atom. The van der Waals surface area contributed by atoms with Gasteiger partial charge in [-0.3, -0.25) is 4.79 Å². The first-order valence-corrected chi connectivity index (χ1v) is 9.00. The second-order valence-corrected chi connectivity index (χ2v) is 7.30. The average Bonchev–Trinajstić information content (AvgIpc) is 2.53. The molecule has 24 heavy (non-hydrogen) atoms. The number of phenolic OH excluding ortho intramolecular Hbond substituents is 1. The minimum absolute atomic E-state index is 0.102. The molecule has 0 aliphatic rings. The Balaban J connectivity index is 1.90. The van der Waals surface area contributed by atoms with Crippen molar-refractivity contribution >= 4 is 62.2 Å². The number of aryl methyl sites for hydroxylation is 1. The van der Waals surface area contributed by atoms with Gasteiger partial charge < -0.3 is 9.84 Å². The van der Waals surface area contributed by atoms with Gasteiger partial charge >= 0.3 is 0 Å². The zero-order valence-electron chi connectivity index (χ0n) is 12.5. The van der Waals surface area contributed by atoms with Crippen LogP contribution >= 0.6 is 50.1 Å². The molecule has 0 fully saturated rings. The largest absolute Gasteiger partial charge is 0.506 e. The minimum atomic E-state index is -0.414. The number of nitrogens with zero attached hydrogens (tertiary/aromatic N) is 1. The van der Waals surface area contributed by atoms with Gasteiger partial charge in [-0.05, 0) is 65.4 Å². The second-order valence-electron chi connectivity index (χ2n) is 4.82. The number of hydrogen-bond acceptors (Lipinski definition) is 4. The van der Waals surface area contributed by atoms with E-state index in [0.29, 0.717) is 19.9 Å². The van der Waals surface area contributed by atoms with E-state index in [1.165, 1.54) is 6.21 Å². The van der Waals surface area contributed by atoms with Gasteiger partial charge in [0.2, 0.25) is 0 Å². The summed E-state index contributed by atoms with van der Waals surface area (Å²) in [5, 5.41) is 14.4. The van der Waals surface area contributed by atoms with Crippen LogP contribution in [0.25, 0.3) is 0 Å². The predicted molar refractivity (Wildman–Crippen MR) is 106 cm³/mol. The van der Waals surface area contributed by atoms with Crippen molar-refractivity contribution in [1.29, 1.82) is 0 Å². The van der Waals surface area contributed by atoms with E-state index in [9.17, 15) is 9.90 Å². The maximum Gasteiger partial charge on any atom is 0.277 e. The van der Waals surface area contributed by atoms with Crippen LogP contribution in [0.3, 0.4) is 0 Å². The maximum atomic E-state index is 11.7. The predicted octanol–water partition coefficient (Wildman–Crippen LogP) is 4.25. The molecule has 0 aliphatic heterocycles. The molecular formula is C16H13BrClIN2O3. The summed E-state index contributed by atoms with van der Waals surface area (Å²) in [6.45, 7) is 1.67. The van der Waals surface area contributed by atoms with Gasteiger partial charge in [-0.1, -0.05) is 27.5 Å². The van der Waals surface area contributed by atoms with Crippen molar-refractivity contribution in [2.24, 2.45) is 5.10 Å². The highest BCUT2D eigenvalue weighted by Gasteiger charge is 2.06. The van der Waals surface area contributed by atoms with E-state index < -0.39 is 5.91 Å². The molecule has 0 saturated heterocycles. The summed E-state index contributed by atoms with van der Waals surface area (Å²) >= 11 is 11.3. The Labute approximate surface area is 166 Å². The number of rotatable bonds is 5. The normalized spacial score (nSPS) is 10.8. The van der Waals surface area contributed by atoms with E-state index in [0.717, 1.165) is 10.0 Å². The van der Waals surface area contributed by atoms with Crippen molar-refractivity contribution in [3.63, 3.8) is 0 Å². The highest BCUT2D eigenvalue weighted by Crippen LogP contribution is 2.27. The van der Waals surface area contributed by atoms with Gasteiger partial charge in [-0.25, -0.2) is 5.43 Å². The van der Waals surface area contributed by atoms with Crippen molar-refractivity contribution in [3.8, 4) is 11.5 Å². The first kappa shape index (κ1) is 19.0. The summed E-state index contributed by atoms with van der Waals surface area (Å²) in [6, 6.07) is 8.61. The van der Waals surface area contributed by atoms with E-state index in [1.54, 1.807) is 30.3 Å². The van der Waals surface area contributed by atoms with Crippen molar-refractivity contribution in [1.82, 2.24) is 5.43 Å². The zero-order chi connectivity index (χ0) is 17.7. The Morgan fingerprint density at radius 1 is 1.46 bits per heavy atom. The van der Waals surface area contributed by atoms with Crippen LogP contribution in [0.5, 0.6) is 11.5 Å². The number of hydrazone groups is 1. The molecule has 0 atom stereocenters. The number of carbonyl (C=O) groups excluding carboxylic acids is 1. The molecule has 126 valence electrons. The SMILES string of the molecule is Cc1cc(OCC(=O)N/N=C/c2cc(Br)cc(I)c2O)ccc1Cl. The Morgan fingerprint density at radius 2 is 2.21 bits per heavy atom. The number of ether oxygens (including phenoxy) is 1. The van der Waals surface area contributed by atoms with Gasteiger partial charge in [0, 0.05) is 15.1 Å². The highest BCUT2D eigenvalue weighted by molar-refractivity contribution is 14.1. The molecule has 1 amide bonds. The smallest absolute Gasteiger partial charge is 0.277 e. The fraction of sp³-hybridized carbons (Fsp3) is 0.125. The number of carbonyl (C=O) groups is 1. The molecule has 5 nitrogen and oxygen atoms in total. The summed E-state index contributed by atoms with van der Waals surface area (Å²) < 4.78 is 6.85. The molecule has 2 rings (SSSR count). The van der Waals surface area contributed by atoms with Gasteiger partial charge in [-0.2, -0.15) is 5.10 Å². The molecule has 0 aliphatic carbocycles. The lowest BCUT2D eigenvalue weighted by Crippen LogP contribution is -2.24. The van der Waals surface area contributed by atoms with Crippen LogP contribution in [0.2, 0.25) is 5.02 Å². The fourth-order valence-electron chi connectivity index (χ4n) is 1.75. The van der Waals surface area contributed by atoms with Crippen LogP contribution in [-0.4, -0.2) is 23.8 Å². The summed E-state index contributed by atoms with van der Waals surface area (Å²) in [6.07, 6.45) is 1.37. The molecule has 0 radical (unpaired) electrons. The number of amides is 1. The maximum absolute atomic E-state index is 11.7. The van der Waals surface area contributed by atoms with Crippen molar-refractivity contribution in [2.75, 3.05) is 6.61 Å². The molecule has 0 heterocycles. The van der Waals surface area contributed by atoms with Crippen LogP contribution in [0.4, 0.5) is 0 Å². The highest BCUT2D eigenvalue weighted by atomic mass is 127. The molecule has 2 aromatic rings. The molecular weight excluding hydrogens is 510 g/mol. The van der Waals surface area contributed by atoms with E-state index in [4.69, 9.17) is 16.3 Å². The third-order valence-electron chi connectivity index (χ3n) is 2.95. The molecule has 0 aromatic heterocycles. The Bertz CT molecular complexity index is 799.